The Morgan fingerprint density at radius 2 is 2.18 bits per heavy atom. The number of halogens is 1. The summed E-state index contributed by atoms with van der Waals surface area (Å²) in [5.74, 6) is 1.60. The largest absolute Gasteiger partial charge is 0.356 e. The predicted molar refractivity (Wildman–Crippen MR) is 129 cm³/mol. The molecule has 1 aromatic carbocycles. The first-order valence-electron chi connectivity index (χ1n) is 9.95. The summed E-state index contributed by atoms with van der Waals surface area (Å²) in [5, 5.41) is 7.27. The van der Waals surface area contributed by atoms with Crippen LogP contribution in [0.15, 0.2) is 35.6 Å². The molecule has 1 saturated carbocycles. The van der Waals surface area contributed by atoms with Crippen molar-refractivity contribution in [2.75, 3.05) is 19.3 Å². The van der Waals surface area contributed by atoms with Crippen LogP contribution in [0.25, 0.3) is 11.0 Å². The van der Waals surface area contributed by atoms with E-state index in [1.165, 1.54) is 5.52 Å². The highest BCUT2D eigenvalue weighted by Gasteiger charge is 2.25. The summed E-state index contributed by atoms with van der Waals surface area (Å²) in [6.45, 7) is 3.78. The Balaban J connectivity index is 0.00000280. The van der Waals surface area contributed by atoms with Gasteiger partial charge in [0.25, 0.3) is 0 Å². The third-order valence-corrected chi connectivity index (χ3v) is 6.98. The van der Waals surface area contributed by atoms with Gasteiger partial charge in [0.2, 0.25) is 0 Å². The maximum absolute atomic E-state index is 12.1. The number of hydrogen-bond acceptors (Lipinski definition) is 3. The lowest BCUT2D eigenvalue weighted by molar-refractivity contribution is 0.413. The molecule has 1 aliphatic carbocycles. The van der Waals surface area contributed by atoms with E-state index in [-0.39, 0.29) is 24.0 Å². The summed E-state index contributed by atoms with van der Waals surface area (Å²) < 4.78 is 14.3. The minimum absolute atomic E-state index is 0. The van der Waals surface area contributed by atoms with Gasteiger partial charge >= 0.3 is 0 Å². The molecule has 3 unspecified atom stereocenters. The minimum Gasteiger partial charge on any atom is -0.356 e. The van der Waals surface area contributed by atoms with Gasteiger partial charge in [-0.3, -0.25) is 9.20 Å². The summed E-state index contributed by atoms with van der Waals surface area (Å²) in [4.78, 5) is 8.79. The lowest BCUT2D eigenvalue weighted by atomic mass is 9.95. The van der Waals surface area contributed by atoms with Gasteiger partial charge in [0.15, 0.2) is 5.96 Å². The van der Waals surface area contributed by atoms with E-state index in [2.05, 4.69) is 31.2 Å². The van der Waals surface area contributed by atoms with Crippen molar-refractivity contribution < 1.29 is 4.21 Å². The zero-order valence-electron chi connectivity index (χ0n) is 16.8. The lowest BCUT2D eigenvalue weighted by Gasteiger charge is -2.30. The van der Waals surface area contributed by atoms with E-state index in [0.717, 1.165) is 62.4 Å². The van der Waals surface area contributed by atoms with E-state index in [1.54, 1.807) is 0 Å². The van der Waals surface area contributed by atoms with E-state index in [4.69, 9.17) is 0 Å². The van der Waals surface area contributed by atoms with E-state index in [0.29, 0.717) is 11.3 Å². The molecule has 0 aliphatic heterocycles. The molecule has 2 N–H and O–H groups in total. The van der Waals surface area contributed by atoms with Crippen LogP contribution >= 0.6 is 24.0 Å². The molecule has 6 nitrogen and oxygen atoms in total. The first-order chi connectivity index (χ1) is 13.2. The molecule has 0 saturated heterocycles. The van der Waals surface area contributed by atoms with Gasteiger partial charge in [0.1, 0.15) is 0 Å². The van der Waals surface area contributed by atoms with Crippen molar-refractivity contribution in [2.24, 2.45) is 4.99 Å². The monoisotopic (exact) mass is 517 g/mol. The van der Waals surface area contributed by atoms with Gasteiger partial charge < -0.3 is 15.2 Å². The molecule has 3 atom stereocenters. The fourth-order valence-electron chi connectivity index (χ4n) is 3.78. The molecule has 0 amide bonds. The second-order valence-corrected chi connectivity index (χ2v) is 9.08. The van der Waals surface area contributed by atoms with E-state index in [1.807, 2.05) is 38.5 Å². The molecule has 1 fully saturated rings. The van der Waals surface area contributed by atoms with E-state index in [9.17, 15) is 4.21 Å². The van der Waals surface area contributed by atoms with Gasteiger partial charge in [0, 0.05) is 48.0 Å². The van der Waals surface area contributed by atoms with Crippen LogP contribution in [-0.4, -0.2) is 50.4 Å². The van der Waals surface area contributed by atoms with Crippen LogP contribution in [0.2, 0.25) is 0 Å². The average molecular weight is 517 g/mol. The van der Waals surface area contributed by atoms with Crippen LogP contribution in [0, 0.1) is 0 Å². The standard InChI is InChI=1S/C20H31N5OS.HI/c1-3-27(26)17-9-6-8-16(14-17)24-20(21-2)22-12-7-13-25-15-23-18-10-4-5-11-19(18)25;/h4-5,10-11,15-17H,3,6-9,12-14H2,1-2H3,(H2,21,22,24);1H. The number of rotatable bonds is 7. The normalized spacial score (nSPS) is 21.1. The molecule has 2 aromatic rings. The average Bonchev–Trinajstić information content (AvgIpc) is 3.13. The van der Waals surface area contributed by atoms with Crippen molar-refractivity contribution in [3.05, 3.63) is 30.6 Å². The van der Waals surface area contributed by atoms with Gasteiger partial charge in [-0.15, -0.1) is 24.0 Å². The Bertz CT molecular complexity index is 794. The number of aliphatic imine (C=N–C) groups is 1. The molecule has 28 heavy (non-hydrogen) atoms. The van der Waals surface area contributed by atoms with Gasteiger partial charge in [-0.2, -0.15) is 0 Å². The van der Waals surface area contributed by atoms with Crippen molar-refractivity contribution in [1.82, 2.24) is 20.2 Å². The Morgan fingerprint density at radius 1 is 1.36 bits per heavy atom. The number of fused-ring (bicyclic) bond motifs is 1. The van der Waals surface area contributed by atoms with Crippen molar-refractivity contribution in [2.45, 2.75) is 56.9 Å². The third kappa shape index (κ3) is 6.17. The molecular formula is C20H32IN5OS. The molecule has 1 aliphatic rings. The van der Waals surface area contributed by atoms with Crippen molar-refractivity contribution in [1.29, 1.82) is 0 Å². The van der Waals surface area contributed by atoms with Crippen LogP contribution in [0.5, 0.6) is 0 Å². The molecule has 0 radical (unpaired) electrons. The van der Waals surface area contributed by atoms with Crippen LogP contribution in [0.4, 0.5) is 0 Å². The highest BCUT2D eigenvalue weighted by molar-refractivity contribution is 14.0. The lowest BCUT2D eigenvalue weighted by Crippen LogP contribution is -2.46. The van der Waals surface area contributed by atoms with Gasteiger partial charge in [0.05, 0.1) is 17.4 Å². The Labute approximate surface area is 187 Å². The molecular weight excluding hydrogens is 485 g/mol. The second kappa shape index (κ2) is 11.7. The first-order valence-corrected chi connectivity index (χ1v) is 11.3. The number of guanidine groups is 1. The van der Waals surface area contributed by atoms with E-state index < -0.39 is 10.8 Å². The van der Waals surface area contributed by atoms with Crippen molar-refractivity contribution >= 4 is 51.8 Å². The van der Waals surface area contributed by atoms with Crippen LogP contribution in [0.3, 0.4) is 0 Å². The second-order valence-electron chi connectivity index (χ2n) is 7.08. The summed E-state index contributed by atoms with van der Waals surface area (Å²) in [5.41, 5.74) is 2.22. The molecule has 156 valence electrons. The molecule has 8 heteroatoms. The molecule has 0 bridgehead atoms. The number of para-hydroxylation sites is 2. The number of aryl methyl sites for hydroxylation is 1. The number of aromatic nitrogens is 2. The Hall–Kier alpha value is -1.16. The third-order valence-electron chi connectivity index (χ3n) is 5.24. The molecule has 1 aromatic heterocycles. The predicted octanol–water partition coefficient (Wildman–Crippen LogP) is 3.29. The maximum atomic E-state index is 12.1. The minimum atomic E-state index is -0.696. The summed E-state index contributed by atoms with van der Waals surface area (Å²) >= 11 is 0. The van der Waals surface area contributed by atoms with Gasteiger partial charge in [-0.1, -0.05) is 25.5 Å². The van der Waals surface area contributed by atoms with Crippen LogP contribution < -0.4 is 10.6 Å². The van der Waals surface area contributed by atoms with Crippen molar-refractivity contribution in [3.8, 4) is 0 Å². The van der Waals surface area contributed by atoms with Gasteiger partial charge in [-0.05, 0) is 37.8 Å². The Kier molecular flexibility index (Phi) is 9.70. The molecule has 1 heterocycles. The summed E-state index contributed by atoms with van der Waals surface area (Å²) in [7, 11) is 1.11. The fraction of sp³-hybridized carbons (Fsp3) is 0.600. The van der Waals surface area contributed by atoms with Gasteiger partial charge in [-0.25, -0.2) is 4.98 Å². The zero-order valence-corrected chi connectivity index (χ0v) is 19.9. The Morgan fingerprint density at radius 3 is 2.96 bits per heavy atom. The zero-order chi connectivity index (χ0) is 19.1. The highest BCUT2D eigenvalue weighted by atomic mass is 127. The topological polar surface area (TPSA) is 71.3 Å². The quantitative estimate of drug-likeness (QED) is 0.256. The number of hydrogen-bond donors (Lipinski definition) is 2. The van der Waals surface area contributed by atoms with Crippen molar-refractivity contribution in [3.63, 3.8) is 0 Å². The number of benzene rings is 1. The number of nitrogens with zero attached hydrogens (tertiary/aromatic N) is 3. The molecule has 0 spiro atoms. The SMILES string of the molecule is CCS(=O)C1CCCC(NC(=NC)NCCCn2cnc3ccccc32)C1.I. The fourth-order valence-corrected chi connectivity index (χ4v) is 5.13. The van der Waals surface area contributed by atoms with E-state index >= 15 is 0 Å². The smallest absolute Gasteiger partial charge is 0.191 e. The number of imidazole rings is 1. The summed E-state index contributed by atoms with van der Waals surface area (Å²) in [6.07, 6.45) is 7.23. The first kappa shape index (κ1) is 23.1. The van der Waals surface area contributed by atoms with Crippen LogP contribution in [-0.2, 0) is 17.3 Å². The van der Waals surface area contributed by atoms with Crippen LogP contribution in [0.1, 0.15) is 39.0 Å². The highest BCUT2D eigenvalue weighted by Crippen LogP contribution is 2.23. The number of nitrogens with one attached hydrogen (secondary N) is 2. The molecule has 3 rings (SSSR count). The summed E-state index contributed by atoms with van der Waals surface area (Å²) in [6, 6.07) is 8.58. The maximum Gasteiger partial charge on any atom is 0.191 e.